The number of rotatable bonds is 3. The highest BCUT2D eigenvalue weighted by atomic mass is 79.9. The molecule has 2 rings (SSSR count). The van der Waals surface area contributed by atoms with Crippen LogP contribution in [0.15, 0.2) is 39.8 Å². The summed E-state index contributed by atoms with van der Waals surface area (Å²) < 4.78 is 39.9. The quantitative estimate of drug-likeness (QED) is 0.857. The zero-order chi connectivity index (χ0) is 14.9. The summed E-state index contributed by atoms with van der Waals surface area (Å²) in [7, 11) is -3.98. The Morgan fingerprint density at radius 3 is 2.70 bits per heavy atom. The first-order valence-corrected chi connectivity index (χ1v) is 7.84. The van der Waals surface area contributed by atoms with Gasteiger partial charge in [0.05, 0.1) is 10.7 Å². The standard InChI is InChI=1S/C11H8BrClFN3O2S/c12-7-4-6(14)5-8(13)10(7)17-20(18,19)9-2-1-3-16-11(9)15/h1-5,17H,(H2,15,16). The lowest BCUT2D eigenvalue weighted by atomic mass is 10.3. The minimum absolute atomic E-state index is 0.0244. The van der Waals surface area contributed by atoms with E-state index in [0.29, 0.717) is 0 Å². The first kappa shape index (κ1) is 15.0. The number of nitrogen functional groups attached to an aromatic ring is 1. The largest absolute Gasteiger partial charge is 0.383 e. The van der Waals surface area contributed by atoms with Crippen molar-refractivity contribution >= 4 is 49.1 Å². The van der Waals surface area contributed by atoms with Crippen molar-refractivity contribution < 1.29 is 12.8 Å². The molecule has 1 aromatic carbocycles. The number of pyridine rings is 1. The van der Waals surface area contributed by atoms with Crippen molar-refractivity contribution in [3.05, 3.63) is 45.8 Å². The van der Waals surface area contributed by atoms with Gasteiger partial charge in [-0.3, -0.25) is 4.72 Å². The molecule has 0 saturated heterocycles. The number of hydrogen-bond donors (Lipinski definition) is 2. The summed E-state index contributed by atoms with van der Waals surface area (Å²) >= 11 is 8.87. The van der Waals surface area contributed by atoms with Crippen molar-refractivity contribution in [2.24, 2.45) is 0 Å². The molecule has 3 N–H and O–H groups in total. The zero-order valence-electron chi connectivity index (χ0n) is 9.77. The van der Waals surface area contributed by atoms with Crippen molar-refractivity contribution in [1.29, 1.82) is 0 Å². The number of sulfonamides is 1. The number of nitrogens with zero attached hydrogens (tertiary/aromatic N) is 1. The Hall–Kier alpha value is -1.38. The van der Waals surface area contributed by atoms with Crippen LogP contribution in [0.4, 0.5) is 15.9 Å². The lowest BCUT2D eigenvalue weighted by Gasteiger charge is -2.12. The molecule has 0 bridgehead atoms. The van der Waals surface area contributed by atoms with E-state index in [1.54, 1.807) is 0 Å². The van der Waals surface area contributed by atoms with Crippen LogP contribution >= 0.6 is 27.5 Å². The summed E-state index contributed by atoms with van der Waals surface area (Å²) in [6, 6.07) is 4.83. The highest BCUT2D eigenvalue weighted by Gasteiger charge is 2.21. The normalized spacial score (nSPS) is 11.3. The molecule has 20 heavy (non-hydrogen) atoms. The molecule has 0 atom stereocenters. The molecule has 1 aromatic heterocycles. The Balaban J connectivity index is 2.47. The van der Waals surface area contributed by atoms with E-state index in [1.165, 1.54) is 18.3 Å². The van der Waals surface area contributed by atoms with Crippen LogP contribution in [-0.2, 0) is 10.0 Å². The second-order valence-corrected chi connectivity index (χ2v) is 6.65. The molecular weight excluding hydrogens is 373 g/mol. The van der Waals surface area contributed by atoms with E-state index in [2.05, 4.69) is 25.6 Å². The maximum absolute atomic E-state index is 13.1. The summed E-state index contributed by atoms with van der Waals surface area (Å²) in [6.07, 6.45) is 1.37. The SMILES string of the molecule is Nc1ncccc1S(=O)(=O)Nc1c(Cl)cc(F)cc1Br. The smallest absolute Gasteiger partial charge is 0.265 e. The Morgan fingerprint density at radius 2 is 2.10 bits per heavy atom. The van der Waals surface area contributed by atoms with Gasteiger partial charge in [0.2, 0.25) is 0 Å². The predicted molar refractivity (Wildman–Crippen MR) is 78.6 cm³/mol. The van der Waals surface area contributed by atoms with E-state index >= 15 is 0 Å². The third-order valence-corrected chi connectivity index (χ3v) is 4.65. The third-order valence-electron chi connectivity index (χ3n) is 2.33. The highest BCUT2D eigenvalue weighted by molar-refractivity contribution is 9.10. The second kappa shape index (κ2) is 5.55. The van der Waals surface area contributed by atoms with Crippen LogP contribution in [0.25, 0.3) is 0 Å². The third kappa shape index (κ3) is 3.02. The monoisotopic (exact) mass is 379 g/mol. The van der Waals surface area contributed by atoms with Crippen LogP contribution in [0.5, 0.6) is 0 Å². The molecule has 9 heteroatoms. The van der Waals surface area contributed by atoms with E-state index in [9.17, 15) is 12.8 Å². The average Bonchev–Trinajstić information content (AvgIpc) is 2.34. The number of hydrogen-bond acceptors (Lipinski definition) is 4. The molecule has 0 unspecified atom stereocenters. The minimum Gasteiger partial charge on any atom is -0.383 e. The predicted octanol–water partition coefficient (Wildman–Crippen LogP) is 3.02. The number of aromatic nitrogens is 1. The Bertz CT molecular complexity index is 747. The number of halogens is 3. The van der Waals surface area contributed by atoms with Crippen LogP contribution in [-0.4, -0.2) is 13.4 Å². The fourth-order valence-electron chi connectivity index (χ4n) is 1.46. The molecule has 1 heterocycles. The van der Waals surface area contributed by atoms with Crippen molar-refractivity contribution in [3.63, 3.8) is 0 Å². The van der Waals surface area contributed by atoms with E-state index in [4.69, 9.17) is 17.3 Å². The zero-order valence-corrected chi connectivity index (χ0v) is 12.9. The van der Waals surface area contributed by atoms with Crippen LogP contribution in [0.1, 0.15) is 0 Å². The van der Waals surface area contributed by atoms with Gasteiger partial charge in [-0.1, -0.05) is 11.6 Å². The molecule has 106 valence electrons. The second-order valence-electron chi connectivity index (χ2n) is 3.74. The van der Waals surface area contributed by atoms with Crippen molar-refractivity contribution in [2.75, 3.05) is 10.5 Å². The molecule has 0 aliphatic rings. The van der Waals surface area contributed by atoms with Gasteiger partial charge in [-0.2, -0.15) is 0 Å². The van der Waals surface area contributed by atoms with Crippen LogP contribution in [0.3, 0.4) is 0 Å². The van der Waals surface area contributed by atoms with Gasteiger partial charge >= 0.3 is 0 Å². The van der Waals surface area contributed by atoms with E-state index in [0.717, 1.165) is 12.1 Å². The maximum Gasteiger partial charge on any atom is 0.265 e. The molecular formula is C11H8BrClFN3O2S. The Labute approximate surface area is 128 Å². The van der Waals surface area contributed by atoms with Gasteiger partial charge in [-0.05, 0) is 40.2 Å². The highest BCUT2D eigenvalue weighted by Crippen LogP contribution is 2.33. The van der Waals surface area contributed by atoms with Crippen molar-refractivity contribution in [2.45, 2.75) is 4.90 Å². The summed E-state index contributed by atoms with van der Waals surface area (Å²) in [5.74, 6) is -0.736. The van der Waals surface area contributed by atoms with Crippen LogP contribution < -0.4 is 10.5 Å². The van der Waals surface area contributed by atoms with Crippen molar-refractivity contribution in [3.8, 4) is 0 Å². The average molecular weight is 381 g/mol. The van der Waals surface area contributed by atoms with Gasteiger partial charge in [-0.15, -0.1) is 0 Å². The molecule has 0 radical (unpaired) electrons. The number of benzene rings is 1. The van der Waals surface area contributed by atoms with Gasteiger partial charge in [0, 0.05) is 10.7 Å². The summed E-state index contributed by atoms with van der Waals surface area (Å²) in [5.41, 5.74) is 5.55. The first-order chi connectivity index (χ1) is 9.31. The summed E-state index contributed by atoms with van der Waals surface area (Å²) in [4.78, 5) is 3.51. The minimum atomic E-state index is -3.98. The molecule has 0 spiro atoms. The molecule has 5 nitrogen and oxygen atoms in total. The molecule has 0 aliphatic carbocycles. The first-order valence-electron chi connectivity index (χ1n) is 5.19. The lowest BCUT2D eigenvalue weighted by molar-refractivity contribution is 0.601. The summed E-state index contributed by atoms with van der Waals surface area (Å²) in [6.45, 7) is 0. The van der Waals surface area contributed by atoms with E-state index in [1.807, 2.05) is 0 Å². The van der Waals surface area contributed by atoms with Gasteiger partial charge < -0.3 is 5.73 Å². The molecule has 0 amide bonds. The van der Waals surface area contributed by atoms with Gasteiger partial charge in [0.1, 0.15) is 16.5 Å². The van der Waals surface area contributed by atoms with Crippen molar-refractivity contribution in [1.82, 2.24) is 4.98 Å². The number of nitrogens with two attached hydrogens (primary N) is 1. The molecule has 2 aromatic rings. The fraction of sp³-hybridized carbons (Fsp3) is 0. The topological polar surface area (TPSA) is 85.1 Å². The maximum atomic E-state index is 13.1. The van der Waals surface area contributed by atoms with E-state index < -0.39 is 15.8 Å². The molecule has 0 fully saturated rings. The lowest BCUT2D eigenvalue weighted by Crippen LogP contribution is -2.16. The van der Waals surface area contributed by atoms with Crippen LogP contribution in [0, 0.1) is 5.82 Å². The van der Waals surface area contributed by atoms with E-state index in [-0.39, 0.29) is 25.9 Å². The molecule has 0 saturated carbocycles. The van der Waals surface area contributed by atoms with Gasteiger partial charge in [0.15, 0.2) is 0 Å². The Morgan fingerprint density at radius 1 is 1.40 bits per heavy atom. The number of nitrogens with one attached hydrogen (secondary N) is 1. The molecule has 0 aliphatic heterocycles. The Kier molecular flexibility index (Phi) is 4.17. The van der Waals surface area contributed by atoms with Gasteiger partial charge in [-0.25, -0.2) is 17.8 Å². The fourth-order valence-corrected chi connectivity index (χ4v) is 3.73. The number of anilines is 2. The summed E-state index contributed by atoms with van der Waals surface area (Å²) in [5, 5.41) is -0.0806. The van der Waals surface area contributed by atoms with Gasteiger partial charge in [0.25, 0.3) is 10.0 Å². The van der Waals surface area contributed by atoms with Crippen LogP contribution in [0.2, 0.25) is 5.02 Å².